The Hall–Kier alpha value is -1.39. The van der Waals surface area contributed by atoms with Crippen molar-refractivity contribution in [3.05, 3.63) is 46.0 Å². The number of halogens is 1. The van der Waals surface area contributed by atoms with E-state index in [9.17, 15) is 0 Å². The number of rotatable bonds is 5. The van der Waals surface area contributed by atoms with Gasteiger partial charge in [0.05, 0.1) is 16.4 Å². The average Bonchev–Trinajstić information content (AvgIpc) is 2.73. The van der Waals surface area contributed by atoms with Crippen molar-refractivity contribution in [2.45, 2.75) is 39.8 Å². The molecule has 0 aliphatic heterocycles. The summed E-state index contributed by atoms with van der Waals surface area (Å²) in [5.41, 5.74) is 4.21. The molecule has 1 atom stereocenters. The van der Waals surface area contributed by atoms with Gasteiger partial charge in [-0.15, -0.1) is 0 Å². The van der Waals surface area contributed by atoms with Gasteiger partial charge in [-0.2, -0.15) is 5.10 Å². The minimum absolute atomic E-state index is 0.372. The Bertz CT molecular complexity index is 579. The van der Waals surface area contributed by atoms with Gasteiger partial charge in [0.15, 0.2) is 0 Å². The normalized spacial score (nSPS) is 12.9. The van der Waals surface area contributed by atoms with Crippen molar-refractivity contribution in [2.75, 3.05) is 7.05 Å². The van der Waals surface area contributed by atoms with Gasteiger partial charge < -0.3 is 0 Å². The minimum atomic E-state index is 0.372. The van der Waals surface area contributed by atoms with Crippen molar-refractivity contribution >= 4 is 11.6 Å². The van der Waals surface area contributed by atoms with Crippen molar-refractivity contribution in [3.63, 3.8) is 0 Å². The Morgan fingerprint density at radius 2 is 2.10 bits per heavy atom. The van der Waals surface area contributed by atoms with Crippen LogP contribution < -0.4 is 0 Å². The second kappa shape index (κ2) is 6.37. The first-order chi connectivity index (χ1) is 9.49. The van der Waals surface area contributed by atoms with Crippen LogP contribution in [0.5, 0.6) is 0 Å². The van der Waals surface area contributed by atoms with Crippen LogP contribution >= 0.6 is 11.6 Å². The monoisotopic (exact) mass is 292 g/mol. The van der Waals surface area contributed by atoms with Gasteiger partial charge in [-0.25, -0.2) is 0 Å². The highest BCUT2D eigenvalue weighted by Crippen LogP contribution is 2.19. The molecule has 2 rings (SSSR count). The molecule has 2 aromatic heterocycles. The highest BCUT2D eigenvalue weighted by Gasteiger charge is 2.16. The van der Waals surface area contributed by atoms with E-state index in [2.05, 4.69) is 47.0 Å². The zero-order valence-electron chi connectivity index (χ0n) is 12.4. The van der Waals surface area contributed by atoms with Crippen LogP contribution in [0, 0.1) is 13.8 Å². The molecule has 2 heterocycles. The molecule has 0 aromatic carbocycles. The average molecular weight is 293 g/mol. The number of H-pyrrole nitrogens is 1. The third kappa shape index (κ3) is 3.38. The first-order valence-corrected chi connectivity index (χ1v) is 7.17. The highest BCUT2D eigenvalue weighted by atomic mass is 35.5. The summed E-state index contributed by atoms with van der Waals surface area (Å²) in [6.07, 6.45) is 2.77. The van der Waals surface area contributed by atoms with Gasteiger partial charge in [-0.1, -0.05) is 17.7 Å². The molecule has 0 amide bonds. The molecule has 0 aliphatic rings. The summed E-state index contributed by atoms with van der Waals surface area (Å²) in [5, 5.41) is 7.90. The van der Waals surface area contributed by atoms with Crippen LogP contribution in [0.4, 0.5) is 0 Å². The zero-order valence-corrected chi connectivity index (χ0v) is 13.2. The molecule has 0 radical (unpaired) electrons. The predicted octanol–water partition coefficient (Wildman–Crippen LogP) is 3.14. The van der Waals surface area contributed by atoms with Crippen LogP contribution in [-0.4, -0.2) is 33.2 Å². The van der Waals surface area contributed by atoms with E-state index in [0.717, 1.165) is 35.1 Å². The van der Waals surface area contributed by atoms with Gasteiger partial charge in [-0.05, 0) is 39.4 Å². The van der Waals surface area contributed by atoms with E-state index in [4.69, 9.17) is 11.6 Å². The Morgan fingerprint density at radius 1 is 1.35 bits per heavy atom. The molecule has 4 nitrogen and oxygen atoms in total. The number of aromatic amines is 1. The maximum atomic E-state index is 6.21. The van der Waals surface area contributed by atoms with E-state index in [1.54, 1.807) is 0 Å². The van der Waals surface area contributed by atoms with Gasteiger partial charge >= 0.3 is 0 Å². The smallest absolute Gasteiger partial charge is 0.0951 e. The second-order valence-corrected chi connectivity index (χ2v) is 5.72. The second-order valence-electron chi connectivity index (χ2n) is 5.34. The first kappa shape index (κ1) is 15.0. The largest absolute Gasteiger partial charge is 0.297 e. The molecular formula is C15H21ClN4. The van der Waals surface area contributed by atoms with E-state index in [1.807, 2.05) is 19.2 Å². The third-order valence-corrected chi connectivity index (χ3v) is 4.20. The lowest BCUT2D eigenvalue weighted by atomic mass is 10.1. The quantitative estimate of drug-likeness (QED) is 0.921. The summed E-state index contributed by atoms with van der Waals surface area (Å²) < 4.78 is 0. The Kier molecular flexibility index (Phi) is 4.78. The van der Waals surface area contributed by atoms with Crippen LogP contribution in [0.2, 0.25) is 5.02 Å². The van der Waals surface area contributed by atoms with Crippen molar-refractivity contribution < 1.29 is 0 Å². The number of pyridine rings is 1. The number of nitrogens with one attached hydrogen (secondary N) is 1. The predicted molar refractivity (Wildman–Crippen MR) is 81.9 cm³/mol. The third-order valence-electron chi connectivity index (χ3n) is 3.70. The molecule has 5 heteroatoms. The molecule has 1 unspecified atom stereocenters. The topological polar surface area (TPSA) is 44.8 Å². The van der Waals surface area contributed by atoms with Crippen molar-refractivity contribution in [2.24, 2.45) is 0 Å². The van der Waals surface area contributed by atoms with Crippen molar-refractivity contribution in [1.29, 1.82) is 0 Å². The molecule has 0 saturated heterocycles. The number of hydrogen-bond donors (Lipinski definition) is 1. The number of aryl methyl sites for hydroxylation is 2. The van der Waals surface area contributed by atoms with Gasteiger partial charge in [0.1, 0.15) is 0 Å². The van der Waals surface area contributed by atoms with E-state index >= 15 is 0 Å². The SMILES string of the molecule is Cc1cccnc1CC(C)N(C)Cc1n[nH]c(C)c1Cl. The van der Waals surface area contributed by atoms with Crippen molar-refractivity contribution in [1.82, 2.24) is 20.1 Å². The summed E-state index contributed by atoms with van der Waals surface area (Å²) in [6.45, 7) is 6.96. The van der Waals surface area contributed by atoms with Gasteiger partial charge in [0.25, 0.3) is 0 Å². The summed E-state index contributed by atoms with van der Waals surface area (Å²) in [7, 11) is 2.09. The molecule has 2 aromatic rings. The minimum Gasteiger partial charge on any atom is -0.297 e. The Labute approximate surface area is 125 Å². The van der Waals surface area contributed by atoms with Crippen LogP contribution in [-0.2, 0) is 13.0 Å². The van der Waals surface area contributed by atoms with Crippen molar-refractivity contribution in [3.8, 4) is 0 Å². The van der Waals surface area contributed by atoms with Gasteiger partial charge in [-0.3, -0.25) is 15.0 Å². The molecule has 0 spiro atoms. The Morgan fingerprint density at radius 3 is 2.70 bits per heavy atom. The molecule has 0 saturated carbocycles. The standard InChI is InChI=1S/C15H21ClN4/c1-10-6-5-7-17-13(10)8-11(2)20(4)9-14-15(16)12(3)18-19-14/h5-7,11H,8-9H2,1-4H3,(H,18,19). The van der Waals surface area contributed by atoms with E-state index < -0.39 is 0 Å². The number of likely N-dealkylation sites (N-methyl/N-ethyl adjacent to an activating group) is 1. The van der Waals surface area contributed by atoms with Crippen LogP contribution in [0.1, 0.15) is 29.6 Å². The summed E-state index contributed by atoms with van der Waals surface area (Å²) in [5.74, 6) is 0. The number of nitrogens with zero attached hydrogens (tertiary/aromatic N) is 3. The first-order valence-electron chi connectivity index (χ1n) is 6.79. The van der Waals surface area contributed by atoms with Crippen LogP contribution in [0.25, 0.3) is 0 Å². The molecule has 0 bridgehead atoms. The van der Waals surface area contributed by atoms with Gasteiger partial charge in [0.2, 0.25) is 0 Å². The summed E-state index contributed by atoms with van der Waals surface area (Å²) >= 11 is 6.21. The fraction of sp³-hybridized carbons (Fsp3) is 0.467. The molecular weight excluding hydrogens is 272 g/mol. The highest BCUT2D eigenvalue weighted by molar-refractivity contribution is 6.31. The summed E-state index contributed by atoms with van der Waals surface area (Å²) in [6, 6.07) is 4.44. The number of aromatic nitrogens is 3. The molecule has 108 valence electrons. The number of hydrogen-bond acceptors (Lipinski definition) is 3. The van der Waals surface area contributed by atoms with Crippen LogP contribution in [0.3, 0.4) is 0 Å². The fourth-order valence-corrected chi connectivity index (χ4v) is 2.27. The molecule has 1 N–H and O–H groups in total. The zero-order chi connectivity index (χ0) is 14.7. The molecule has 0 fully saturated rings. The molecule has 20 heavy (non-hydrogen) atoms. The lowest BCUT2D eigenvalue weighted by molar-refractivity contribution is 0.244. The fourth-order valence-electron chi connectivity index (χ4n) is 2.13. The van der Waals surface area contributed by atoms with Crippen LogP contribution in [0.15, 0.2) is 18.3 Å². The van der Waals surface area contributed by atoms with Gasteiger partial charge in [0, 0.05) is 30.9 Å². The molecule has 0 aliphatic carbocycles. The van der Waals surface area contributed by atoms with E-state index in [1.165, 1.54) is 5.56 Å². The maximum Gasteiger partial charge on any atom is 0.0951 e. The Balaban J connectivity index is 2.00. The van der Waals surface area contributed by atoms with E-state index in [-0.39, 0.29) is 0 Å². The van der Waals surface area contributed by atoms with E-state index in [0.29, 0.717) is 6.04 Å². The maximum absolute atomic E-state index is 6.21. The lowest BCUT2D eigenvalue weighted by Gasteiger charge is -2.24. The summed E-state index contributed by atoms with van der Waals surface area (Å²) in [4.78, 5) is 6.70. The lowest BCUT2D eigenvalue weighted by Crippen LogP contribution is -2.31.